The van der Waals surface area contributed by atoms with Crippen LogP contribution in [0.4, 0.5) is 17.1 Å². The molecule has 0 aromatic heterocycles. The van der Waals surface area contributed by atoms with Crippen LogP contribution in [0.5, 0.6) is 0 Å². The molecule has 0 N–H and O–H groups in total. The normalized spacial score (nSPS) is 20.6. The Balaban J connectivity index is 1.12. The SMILES string of the molecule is CC(C)(C)c1ccc(-c2ccccc2N(c2cccc(-c3cccc4c3C(C)(C)c3ccccc3-4)c2)c2ccc3c(c2)C2(CC4CCC2C4)c2ccccc2-3)cc1. The zero-order valence-electron chi connectivity index (χ0n) is 33.9. The van der Waals surface area contributed by atoms with Gasteiger partial charge < -0.3 is 4.90 Å². The third-order valence-corrected chi connectivity index (χ3v) is 14.5. The van der Waals surface area contributed by atoms with Crippen LogP contribution in [0.2, 0.25) is 0 Å². The van der Waals surface area contributed by atoms with E-state index >= 15 is 0 Å². The molecule has 1 nitrogen and oxygen atoms in total. The van der Waals surface area contributed by atoms with Crippen molar-refractivity contribution in [3.8, 4) is 44.5 Å². The number of nitrogens with zero attached hydrogens (tertiary/aromatic N) is 1. The van der Waals surface area contributed by atoms with Crippen molar-refractivity contribution in [1.29, 1.82) is 0 Å². The first-order valence-corrected chi connectivity index (χ1v) is 21.2. The molecule has 0 saturated heterocycles. The van der Waals surface area contributed by atoms with E-state index in [9.17, 15) is 0 Å². The van der Waals surface area contributed by atoms with Crippen LogP contribution in [0.25, 0.3) is 44.5 Å². The first-order valence-electron chi connectivity index (χ1n) is 21.2. The minimum Gasteiger partial charge on any atom is -0.310 e. The zero-order valence-corrected chi connectivity index (χ0v) is 33.9. The molecule has 0 aliphatic heterocycles. The van der Waals surface area contributed by atoms with Crippen LogP contribution in [0.3, 0.4) is 0 Å². The molecule has 4 aliphatic rings. The molecule has 3 atom stereocenters. The van der Waals surface area contributed by atoms with E-state index in [4.69, 9.17) is 0 Å². The monoisotopic (exact) mass is 737 g/mol. The molecule has 280 valence electrons. The second kappa shape index (κ2) is 12.4. The Labute approximate surface area is 339 Å². The van der Waals surface area contributed by atoms with E-state index in [1.807, 2.05) is 0 Å². The smallest absolute Gasteiger partial charge is 0.0540 e. The van der Waals surface area contributed by atoms with Gasteiger partial charge in [0.2, 0.25) is 0 Å². The predicted molar refractivity (Wildman–Crippen MR) is 240 cm³/mol. The largest absolute Gasteiger partial charge is 0.310 e. The number of hydrogen-bond acceptors (Lipinski definition) is 1. The maximum Gasteiger partial charge on any atom is 0.0540 e. The van der Waals surface area contributed by atoms with Crippen LogP contribution >= 0.6 is 0 Å². The Hall–Kier alpha value is -5.66. The molecule has 2 bridgehead atoms. The van der Waals surface area contributed by atoms with Crippen molar-refractivity contribution in [2.75, 3.05) is 4.90 Å². The lowest BCUT2D eigenvalue weighted by molar-refractivity contribution is 0.327. The van der Waals surface area contributed by atoms with E-state index in [2.05, 4.69) is 197 Å². The number of rotatable bonds is 5. The summed E-state index contributed by atoms with van der Waals surface area (Å²) in [6, 6.07) is 60.4. The van der Waals surface area contributed by atoms with E-state index in [1.165, 1.54) is 104 Å². The maximum absolute atomic E-state index is 2.60. The van der Waals surface area contributed by atoms with E-state index in [0.717, 1.165) is 5.92 Å². The molecule has 0 heterocycles. The minimum absolute atomic E-state index is 0.0930. The second-order valence-corrected chi connectivity index (χ2v) is 19.0. The average molecular weight is 738 g/mol. The van der Waals surface area contributed by atoms with Gasteiger partial charge in [-0.15, -0.1) is 0 Å². The summed E-state index contributed by atoms with van der Waals surface area (Å²) in [5.74, 6) is 1.53. The summed E-state index contributed by atoms with van der Waals surface area (Å²) < 4.78 is 0. The van der Waals surface area contributed by atoms with Crippen molar-refractivity contribution in [1.82, 2.24) is 0 Å². The summed E-state index contributed by atoms with van der Waals surface area (Å²) in [6.45, 7) is 11.7. The topological polar surface area (TPSA) is 3.24 Å². The van der Waals surface area contributed by atoms with E-state index in [1.54, 1.807) is 11.1 Å². The zero-order chi connectivity index (χ0) is 38.7. The highest BCUT2D eigenvalue weighted by Crippen LogP contribution is 2.66. The molecule has 57 heavy (non-hydrogen) atoms. The average Bonchev–Trinajstić information content (AvgIpc) is 3.98. The highest BCUT2D eigenvalue weighted by molar-refractivity contribution is 5.93. The van der Waals surface area contributed by atoms with Crippen LogP contribution in [0, 0.1) is 11.8 Å². The van der Waals surface area contributed by atoms with Gasteiger partial charge in [-0.2, -0.15) is 0 Å². The molecule has 4 aliphatic carbocycles. The number of fused-ring (bicyclic) bond motifs is 11. The molecular weight excluding hydrogens is 687 g/mol. The molecular formula is C56H51N. The van der Waals surface area contributed by atoms with Gasteiger partial charge in [0.25, 0.3) is 0 Å². The van der Waals surface area contributed by atoms with Gasteiger partial charge in [0.1, 0.15) is 0 Å². The molecule has 0 radical (unpaired) electrons. The van der Waals surface area contributed by atoms with Crippen LogP contribution in [0.15, 0.2) is 158 Å². The molecule has 1 spiro atoms. The van der Waals surface area contributed by atoms with Gasteiger partial charge in [-0.1, -0.05) is 168 Å². The van der Waals surface area contributed by atoms with E-state index < -0.39 is 0 Å². The number of para-hydroxylation sites is 1. The maximum atomic E-state index is 2.60. The van der Waals surface area contributed by atoms with E-state index in [0.29, 0.717) is 5.92 Å². The number of anilines is 3. The molecule has 2 fully saturated rings. The van der Waals surface area contributed by atoms with Crippen molar-refractivity contribution >= 4 is 17.1 Å². The molecule has 3 unspecified atom stereocenters. The Kier molecular flexibility index (Phi) is 7.53. The standard InChI is InChI=1S/C56H51N/c1-54(2,3)39-28-25-37(26-29-39)43-16-8-11-23-52(43)57(42-30-31-47-45-17-7-10-22-50(45)56(51(47)34-42)35-36-24-27-40(56)32-36)41-15-12-14-38(33-41)44-19-13-20-48-46-18-6-9-21-49(46)55(4,5)53(44)48/h6-23,25-26,28-31,33-34,36,40H,24,27,32,35H2,1-5H3. The summed E-state index contributed by atoms with van der Waals surface area (Å²) in [5.41, 5.74) is 21.6. The summed E-state index contributed by atoms with van der Waals surface area (Å²) in [5, 5.41) is 0. The van der Waals surface area contributed by atoms with Crippen LogP contribution < -0.4 is 4.90 Å². The van der Waals surface area contributed by atoms with Crippen LogP contribution in [-0.2, 0) is 16.2 Å². The van der Waals surface area contributed by atoms with Gasteiger partial charge >= 0.3 is 0 Å². The fourth-order valence-electron chi connectivity index (χ4n) is 11.9. The number of hydrogen-bond donors (Lipinski definition) is 0. The van der Waals surface area contributed by atoms with Gasteiger partial charge in [0.15, 0.2) is 0 Å². The lowest BCUT2D eigenvalue weighted by Crippen LogP contribution is -2.32. The predicted octanol–water partition coefficient (Wildman–Crippen LogP) is 15.2. The molecule has 11 rings (SSSR count). The Bertz CT molecular complexity index is 2720. The highest BCUT2D eigenvalue weighted by Gasteiger charge is 2.56. The van der Waals surface area contributed by atoms with Crippen molar-refractivity contribution in [3.63, 3.8) is 0 Å². The lowest BCUT2D eigenvalue weighted by Gasteiger charge is -2.37. The van der Waals surface area contributed by atoms with Gasteiger partial charge in [-0.05, 0) is 134 Å². The summed E-state index contributed by atoms with van der Waals surface area (Å²) in [7, 11) is 0. The lowest BCUT2D eigenvalue weighted by atomic mass is 9.67. The van der Waals surface area contributed by atoms with Crippen LogP contribution in [-0.4, -0.2) is 0 Å². The fourth-order valence-corrected chi connectivity index (χ4v) is 11.9. The fraction of sp³-hybridized carbons (Fsp3) is 0.250. The van der Waals surface area contributed by atoms with Gasteiger partial charge in [-0.3, -0.25) is 0 Å². The minimum atomic E-state index is -0.103. The van der Waals surface area contributed by atoms with Crippen molar-refractivity contribution in [2.45, 2.75) is 76.5 Å². The Morgan fingerprint density at radius 1 is 0.509 bits per heavy atom. The summed E-state index contributed by atoms with van der Waals surface area (Å²) in [4.78, 5) is 2.56. The van der Waals surface area contributed by atoms with Gasteiger partial charge in [0, 0.05) is 27.8 Å². The Morgan fingerprint density at radius 2 is 1.14 bits per heavy atom. The quantitative estimate of drug-likeness (QED) is 0.170. The number of benzene rings is 7. The highest BCUT2D eigenvalue weighted by atomic mass is 15.1. The molecule has 0 amide bonds. The van der Waals surface area contributed by atoms with Crippen LogP contribution in [0.1, 0.15) is 88.1 Å². The van der Waals surface area contributed by atoms with Gasteiger partial charge in [-0.25, -0.2) is 0 Å². The molecule has 7 aromatic carbocycles. The third kappa shape index (κ3) is 5.07. The third-order valence-electron chi connectivity index (χ3n) is 14.5. The summed E-state index contributed by atoms with van der Waals surface area (Å²) in [6.07, 6.45) is 5.35. The Morgan fingerprint density at radius 3 is 1.88 bits per heavy atom. The molecule has 7 aromatic rings. The van der Waals surface area contributed by atoms with Crippen molar-refractivity contribution in [3.05, 3.63) is 186 Å². The van der Waals surface area contributed by atoms with Crippen molar-refractivity contribution < 1.29 is 0 Å². The first kappa shape index (κ1) is 34.6. The second-order valence-electron chi connectivity index (χ2n) is 19.0. The van der Waals surface area contributed by atoms with Gasteiger partial charge in [0.05, 0.1) is 5.69 Å². The molecule has 1 heteroatoms. The first-order chi connectivity index (χ1) is 27.6. The summed E-state index contributed by atoms with van der Waals surface area (Å²) >= 11 is 0. The van der Waals surface area contributed by atoms with E-state index in [-0.39, 0.29) is 16.2 Å². The molecule has 2 saturated carbocycles. The van der Waals surface area contributed by atoms with Crippen molar-refractivity contribution in [2.24, 2.45) is 11.8 Å².